The highest BCUT2D eigenvalue weighted by atomic mass is 32.2. The molecule has 1 aliphatic heterocycles. The number of hydrogen-bond acceptors (Lipinski definition) is 6. The number of hydrogen-bond donors (Lipinski definition) is 2. The van der Waals surface area contributed by atoms with Gasteiger partial charge in [-0.05, 0) is 72.1 Å². The predicted molar refractivity (Wildman–Crippen MR) is 164 cm³/mol. The molecule has 3 atom stereocenters. The second-order valence-electron chi connectivity index (χ2n) is 11.3. The van der Waals surface area contributed by atoms with Crippen molar-refractivity contribution < 1.29 is 27.9 Å². The summed E-state index contributed by atoms with van der Waals surface area (Å²) in [6.45, 7) is 4.23. The van der Waals surface area contributed by atoms with Crippen molar-refractivity contribution in [1.82, 2.24) is 10.2 Å². The summed E-state index contributed by atoms with van der Waals surface area (Å²) < 4.78 is 28.8. The largest absolute Gasteiger partial charge is 0.480 e. The van der Waals surface area contributed by atoms with Crippen molar-refractivity contribution >= 4 is 21.7 Å². The van der Waals surface area contributed by atoms with E-state index in [9.17, 15) is 23.1 Å². The van der Waals surface area contributed by atoms with E-state index in [1.54, 1.807) is 13.2 Å². The zero-order valence-corrected chi connectivity index (χ0v) is 25.3. The lowest BCUT2D eigenvalue weighted by Gasteiger charge is -2.24. The number of carbonyl (C=O) groups is 2. The first kappa shape index (κ1) is 31.4. The van der Waals surface area contributed by atoms with E-state index in [1.165, 1.54) is 5.56 Å². The minimum Gasteiger partial charge on any atom is -0.480 e. The fourth-order valence-electron chi connectivity index (χ4n) is 5.79. The van der Waals surface area contributed by atoms with Crippen molar-refractivity contribution in [2.75, 3.05) is 32.3 Å². The fraction of sp³-hybridized carbons (Fsp3) is 0.394. The molecule has 0 unspecified atom stereocenters. The second-order valence-corrected chi connectivity index (χ2v) is 13.6. The third-order valence-electron chi connectivity index (χ3n) is 7.87. The van der Waals surface area contributed by atoms with E-state index < -0.39 is 27.8 Å². The number of benzene rings is 3. The number of methoxy groups -OCH3 is 1. The van der Waals surface area contributed by atoms with Gasteiger partial charge in [-0.25, -0.2) is 13.2 Å². The first-order valence-electron chi connectivity index (χ1n) is 14.2. The van der Waals surface area contributed by atoms with Gasteiger partial charge in [0.2, 0.25) is 0 Å². The van der Waals surface area contributed by atoms with Crippen LogP contribution >= 0.6 is 0 Å². The Hall–Kier alpha value is -3.53. The van der Waals surface area contributed by atoms with Crippen LogP contribution in [-0.2, 0) is 32.3 Å². The number of sulfone groups is 1. The molecule has 1 fully saturated rings. The lowest BCUT2D eigenvalue weighted by molar-refractivity contribution is -0.139. The average Bonchev–Trinajstić information content (AvgIpc) is 3.31. The fourth-order valence-corrected chi connectivity index (χ4v) is 6.45. The molecule has 3 aromatic carbocycles. The van der Waals surface area contributed by atoms with Gasteiger partial charge in [-0.3, -0.25) is 9.69 Å². The number of ether oxygens (including phenoxy) is 1. The Balaban J connectivity index is 1.60. The van der Waals surface area contributed by atoms with Crippen molar-refractivity contribution in [2.24, 2.45) is 5.92 Å². The monoisotopic (exact) mass is 592 g/mol. The molecule has 2 N–H and O–H groups in total. The van der Waals surface area contributed by atoms with Crippen LogP contribution in [0.15, 0.2) is 72.8 Å². The summed E-state index contributed by atoms with van der Waals surface area (Å²) in [6.07, 6.45) is 2.88. The van der Waals surface area contributed by atoms with Crippen molar-refractivity contribution in [3.63, 3.8) is 0 Å². The van der Waals surface area contributed by atoms with E-state index in [-0.39, 0.29) is 18.2 Å². The molecular weight excluding hydrogens is 552 g/mol. The summed E-state index contributed by atoms with van der Waals surface area (Å²) in [7, 11) is -1.66. The molecule has 3 aromatic rings. The van der Waals surface area contributed by atoms with E-state index in [0.29, 0.717) is 30.2 Å². The highest BCUT2D eigenvalue weighted by Crippen LogP contribution is 2.32. The van der Waals surface area contributed by atoms with E-state index >= 15 is 0 Å². The molecule has 0 bridgehead atoms. The molecule has 0 aromatic heterocycles. The Bertz CT molecular complexity index is 1490. The van der Waals surface area contributed by atoms with Gasteiger partial charge in [0.25, 0.3) is 5.91 Å². The molecule has 0 spiro atoms. The number of amides is 1. The van der Waals surface area contributed by atoms with Crippen LogP contribution in [0.1, 0.15) is 39.9 Å². The summed E-state index contributed by atoms with van der Waals surface area (Å²) >= 11 is 0. The van der Waals surface area contributed by atoms with Crippen molar-refractivity contribution in [3.05, 3.63) is 95.1 Å². The zero-order chi connectivity index (χ0) is 30.3. The van der Waals surface area contributed by atoms with Crippen LogP contribution in [0.3, 0.4) is 0 Å². The van der Waals surface area contributed by atoms with Crippen LogP contribution in [0.5, 0.6) is 0 Å². The normalized spacial score (nSPS) is 18.1. The lowest BCUT2D eigenvalue weighted by Crippen LogP contribution is -2.42. The molecule has 1 saturated heterocycles. The smallest absolute Gasteiger partial charge is 0.326 e. The van der Waals surface area contributed by atoms with Crippen LogP contribution in [0.25, 0.3) is 11.1 Å². The maximum absolute atomic E-state index is 13.4. The molecule has 4 rings (SSSR count). The summed E-state index contributed by atoms with van der Waals surface area (Å²) in [4.78, 5) is 27.7. The topological polar surface area (TPSA) is 113 Å². The first-order chi connectivity index (χ1) is 20.0. The van der Waals surface area contributed by atoms with Gasteiger partial charge in [-0.2, -0.15) is 0 Å². The molecular formula is C33H40N2O6S. The van der Waals surface area contributed by atoms with Gasteiger partial charge in [-0.1, -0.05) is 60.7 Å². The molecule has 42 heavy (non-hydrogen) atoms. The van der Waals surface area contributed by atoms with Crippen LogP contribution in [0, 0.1) is 12.8 Å². The molecule has 9 heteroatoms. The molecule has 224 valence electrons. The molecule has 0 saturated carbocycles. The minimum atomic E-state index is -3.39. The SMILES string of the molecule is COC[C@H]1C[C@@H](Cc2ccccc2)CN1Cc1ccc(C(=O)N[C@@H](CCS(C)(=O)=O)C(=O)O)c(-c2ccccc2C)c1. The zero-order valence-electron chi connectivity index (χ0n) is 24.5. The number of nitrogens with zero attached hydrogens (tertiary/aromatic N) is 1. The molecule has 0 radical (unpaired) electrons. The number of carbonyl (C=O) groups excluding carboxylic acids is 1. The van der Waals surface area contributed by atoms with Gasteiger partial charge in [0.05, 0.1) is 12.4 Å². The van der Waals surface area contributed by atoms with Gasteiger partial charge in [-0.15, -0.1) is 0 Å². The summed E-state index contributed by atoms with van der Waals surface area (Å²) in [5, 5.41) is 12.2. The molecule has 0 aliphatic carbocycles. The van der Waals surface area contributed by atoms with Gasteiger partial charge in [0.1, 0.15) is 15.9 Å². The van der Waals surface area contributed by atoms with Crippen molar-refractivity contribution in [3.8, 4) is 11.1 Å². The molecule has 1 amide bonds. The van der Waals surface area contributed by atoms with Gasteiger partial charge in [0, 0.05) is 38.1 Å². The third kappa shape index (κ3) is 8.50. The summed E-state index contributed by atoms with van der Waals surface area (Å²) in [5.41, 5.74) is 5.28. The number of aliphatic carboxylic acids is 1. The van der Waals surface area contributed by atoms with Gasteiger partial charge < -0.3 is 15.2 Å². The van der Waals surface area contributed by atoms with Crippen LogP contribution in [-0.4, -0.2) is 74.7 Å². The summed E-state index contributed by atoms with van der Waals surface area (Å²) in [6, 6.07) is 22.9. The number of rotatable bonds is 13. The second kappa shape index (κ2) is 14.1. The van der Waals surface area contributed by atoms with E-state index in [1.807, 2.05) is 49.4 Å². The quantitative estimate of drug-likeness (QED) is 0.303. The molecule has 1 heterocycles. The Morgan fingerprint density at radius 3 is 2.40 bits per heavy atom. The number of nitrogens with one attached hydrogen (secondary N) is 1. The highest BCUT2D eigenvalue weighted by Gasteiger charge is 2.32. The third-order valence-corrected chi connectivity index (χ3v) is 8.85. The standard InChI is InChI=1S/C33H40N2O6S/c1-23-9-7-8-12-28(23)30-19-25(13-14-29(30)32(36)34-31(33(37)38)15-16-42(3,39)40)20-35-21-26(18-27(35)22-41-2)17-24-10-5-4-6-11-24/h4-14,19,26-27,31H,15-18,20-22H2,1-3H3,(H,34,36)(H,37,38)/t26-,27-,31+/m1/s1. The van der Waals surface area contributed by atoms with E-state index in [2.05, 4.69) is 34.5 Å². The Morgan fingerprint density at radius 1 is 1.02 bits per heavy atom. The maximum Gasteiger partial charge on any atom is 0.326 e. The first-order valence-corrected chi connectivity index (χ1v) is 16.3. The Morgan fingerprint density at radius 2 is 1.74 bits per heavy atom. The van der Waals surface area contributed by atoms with E-state index in [0.717, 1.165) is 42.3 Å². The summed E-state index contributed by atoms with van der Waals surface area (Å²) in [5.74, 6) is -1.66. The van der Waals surface area contributed by atoms with Gasteiger partial charge in [0.15, 0.2) is 0 Å². The lowest BCUT2D eigenvalue weighted by atomic mass is 9.93. The van der Waals surface area contributed by atoms with Gasteiger partial charge >= 0.3 is 5.97 Å². The molecule has 8 nitrogen and oxygen atoms in total. The van der Waals surface area contributed by atoms with E-state index in [4.69, 9.17) is 4.74 Å². The predicted octanol–water partition coefficient (Wildman–Crippen LogP) is 4.36. The van der Waals surface area contributed by atoms with Crippen LogP contribution < -0.4 is 5.32 Å². The van der Waals surface area contributed by atoms with Crippen LogP contribution in [0.4, 0.5) is 0 Å². The number of aryl methyl sites for hydroxylation is 1. The number of likely N-dealkylation sites (tertiary alicyclic amines) is 1. The number of carboxylic acid groups (broad SMARTS) is 1. The average molecular weight is 593 g/mol. The van der Waals surface area contributed by atoms with Crippen molar-refractivity contribution in [2.45, 2.75) is 44.8 Å². The minimum absolute atomic E-state index is 0.211. The maximum atomic E-state index is 13.4. The molecule has 1 aliphatic rings. The number of carboxylic acids is 1. The van der Waals surface area contributed by atoms with Crippen LogP contribution in [0.2, 0.25) is 0 Å². The van der Waals surface area contributed by atoms with Crippen molar-refractivity contribution in [1.29, 1.82) is 0 Å². The Kier molecular flexibility index (Phi) is 10.5. The Labute approximate surface area is 248 Å². The highest BCUT2D eigenvalue weighted by molar-refractivity contribution is 7.90.